The molecule has 4 heteroatoms. The van der Waals surface area contributed by atoms with Gasteiger partial charge >= 0.3 is 0 Å². The summed E-state index contributed by atoms with van der Waals surface area (Å²) in [6, 6.07) is 6.36. The van der Waals surface area contributed by atoms with E-state index in [0.29, 0.717) is 6.61 Å². The fourth-order valence-electron chi connectivity index (χ4n) is 1.85. The number of ether oxygens (including phenoxy) is 1. The summed E-state index contributed by atoms with van der Waals surface area (Å²) < 4.78 is 6.76. The third-order valence-electron chi connectivity index (χ3n) is 2.62. The minimum atomic E-state index is 0.227. The minimum absolute atomic E-state index is 0.227. The van der Waals surface area contributed by atoms with Gasteiger partial charge in [0.2, 0.25) is 0 Å². The highest BCUT2D eigenvalue weighted by Crippen LogP contribution is 2.33. The molecule has 1 aliphatic rings. The maximum Gasteiger partial charge on any atom is 0.125 e. The van der Waals surface area contributed by atoms with Crippen molar-refractivity contribution in [2.24, 2.45) is 0 Å². The van der Waals surface area contributed by atoms with Crippen molar-refractivity contribution in [3.05, 3.63) is 28.2 Å². The van der Waals surface area contributed by atoms with E-state index in [4.69, 9.17) is 9.57 Å². The Balaban J connectivity index is 2.22. The molecule has 0 bridgehead atoms. The molecule has 1 aliphatic heterocycles. The molecule has 0 spiro atoms. The highest BCUT2D eigenvalue weighted by atomic mass is 79.9. The summed E-state index contributed by atoms with van der Waals surface area (Å²) in [6.07, 6.45) is 2.08. The summed E-state index contributed by atoms with van der Waals surface area (Å²) in [4.78, 5) is 5.30. The molecule has 3 nitrogen and oxygen atoms in total. The topological polar surface area (TPSA) is 30.5 Å². The average Bonchev–Trinajstić information content (AvgIpc) is 2.48. The van der Waals surface area contributed by atoms with E-state index in [1.807, 2.05) is 19.1 Å². The monoisotopic (exact) mass is 285 g/mol. The quantitative estimate of drug-likeness (QED) is 0.865. The van der Waals surface area contributed by atoms with E-state index in [-0.39, 0.29) is 6.04 Å². The number of nitrogens with one attached hydrogen (secondary N) is 1. The molecule has 0 aromatic heterocycles. The van der Waals surface area contributed by atoms with Crippen LogP contribution in [0.5, 0.6) is 5.75 Å². The number of benzene rings is 1. The van der Waals surface area contributed by atoms with Gasteiger partial charge in [-0.05, 0) is 31.9 Å². The summed E-state index contributed by atoms with van der Waals surface area (Å²) in [7, 11) is 0. The van der Waals surface area contributed by atoms with Gasteiger partial charge in [-0.15, -0.1) is 0 Å². The maximum atomic E-state index is 5.71. The summed E-state index contributed by atoms with van der Waals surface area (Å²) >= 11 is 3.46. The van der Waals surface area contributed by atoms with Crippen molar-refractivity contribution in [2.75, 3.05) is 13.2 Å². The molecule has 0 fully saturated rings. The van der Waals surface area contributed by atoms with Gasteiger partial charge in [-0.1, -0.05) is 22.0 Å². The van der Waals surface area contributed by atoms with Crippen LogP contribution in [0.2, 0.25) is 0 Å². The summed E-state index contributed by atoms with van der Waals surface area (Å²) in [6.45, 7) is 3.42. The molecule has 0 amide bonds. The van der Waals surface area contributed by atoms with Crippen molar-refractivity contribution in [1.29, 1.82) is 0 Å². The van der Waals surface area contributed by atoms with Crippen LogP contribution >= 0.6 is 15.9 Å². The van der Waals surface area contributed by atoms with E-state index in [2.05, 4.69) is 27.5 Å². The minimum Gasteiger partial charge on any atom is -0.493 e. The SMILES string of the molecule is CCONC1CCCOc2cc(Br)ccc21. The maximum absolute atomic E-state index is 5.71. The Labute approximate surface area is 104 Å². The van der Waals surface area contributed by atoms with E-state index >= 15 is 0 Å². The normalized spacial score (nSPS) is 19.8. The number of hydrogen-bond donors (Lipinski definition) is 1. The predicted octanol–water partition coefficient (Wildman–Crippen LogP) is 3.20. The number of halogens is 1. The molecule has 88 valence electrons. The standard InChI is InChI=1S/C12H16BrNO2/c1-2-16-14-11-4-3-7-15-12-8-9(13)5-6-10(11)12/h5-6,8,11,14H,2-4,7H2,1H3. The van der Waals surface area contributed by atoms with Gasteiger partial charge in [0.05, 0.1) is 19.3 Å². The van der Waals surface area contributed by atoms with Crippen molar-refractivity contribution in [1.82, 2.24) is 5.48 Å². The smallest absolute Gasteiger partial charge is 0.125 e. The highest BCUT2D eigenvalue weighted by molar-refractivity contribution is 9.10. The van der Waals surface area contributed by atoms with E-state index in [9.17, 15) is 0 Å². The van der Waals surface area contributed by atoms with Crippen LogP contribution in [0.4, 0.5) is 0 Å². The fraction of sp³-hybridized carbons (Fsp3) is 0.500. The van der Waals surface area contributed by atoms with Crippen LogP contribution in [0.15, 0.2) is 22.7 Å². The Hall–Kier alpha value is -0.580. The molecule has 0 saturated heterocycles. The van der Waals surface area contributed by atoms with Crippen LogP contribution in [-0.2, 0) is 4.84 Å². The number of hydroxylamine groups is 1. The molecule has 1 unspecified atom stereocenters. The second kappa shape index (κ2) is 5.66. The molecule has 2 rings (SSSR count). The number of rotatable bonds is 3. The Bertz CT molecular complexity index is 357. The van der Waals surface area contributed by atoms with Crippen molar-refractivity contribution in [2.45, 2.75) is 25.8 Å². The van der Waals surface area contributed by atoms with E-state index in [1.54, 1.807) is 0 Å². The summed E-state index contributed by atoms with van der Waals surface area (Å²) in [5, 5.41) is 0. The van der Waals surface area contributed by atoms with Crippen LogP contribution in [0, 0.1) is 0 Å². The summed E-state index contributed by atoms with van der Waals surface area (Å²) in [5.74, 6) is 0.948. The Morgan fingerprint density at radius 3 is 3.25 bits per heavy atom. The second-order valence-corrected chi connectivity index (χ2v) is 4.69. The molecule has 1 N–H and O–H groups in total. The molecule has 0 radical (unpaired) electrons. The van der Waals surface area contributed by atoms with Crippen LogP contribution < -0.4 is 10.2 Å². The third kappa shape index (κ3) is 2.75. The number of hydrogen-bond acceptors (Lipinski definition) is 3. The van der Waals surface area contributed by atoms with Gasteiger partial charge in [-0.3, -0.25) is 0 Å². The van der Waals surface area contributed by atoms with E-state index < -0.39 is 0 Å². The first-order chi connectivity index (χ1) is 7.81. The zero-order chi connectivity index (χ0) is 11.4. The molecule has 16 heavy (non-hydrogen) atoms. The van der Waals surface area contributed by atoms with Gasteiger partial charge in [0.1, 0.15) is 5.75 Å². The molecule has 1 aromatic carbocycles. The Morgan fingerprint density at radius 1 is 1.56 bits per heavy atom. The lowest BCUT2D eigenvalue weighted by Crippen LogP contribution is -2.21. The molecular formula is C12H16BrNO2. The van der Waals surface area contributed by atoms with Crippen LogP contribution in [-0.4, -0.2) is 13.2 Å². The van der Waals surface area contributed by atoms with Crippen LogP contribution in [0.1, 0.15) is 31.4 Å². The largest absolute Gasteiger partial charge is 0.493 e. The second-order valence-electron chi connectivity index (χ2n) is 3.78. The molecular weight excluding hydrogens is 270 g/mol. The first-order valence-corrected chi connectivity index (χ1v) is 6.40. The van der Waals surface area contributed by atoms with Gasteiger partial charge in [-0.2, -0.15) is 5.48 Å². The highest BCUT2D eigenvalue weighted by Gasteiger charge is 2.19. The lowest BCUT2D eigenvalue weighted by Gasteiger charge is -2.17. The van der Waals surface area contributed by atoms with Gasteiger partial charge in [0.15, 0.2) is 0 Å². The van der Waals surface area contributed by atoms with Crippen LogP contribution in [0.3, 0.4) is 0 Å². The van der Waals surface area contributed by atoms with E-state index in [0.717, 1.165) is 29.7 Å². The average molecular weight is 286 g/mol. The first-order valence-electron chi connectivity index (χ1n) is 5.61. The lowest BCUT2D eigenvalue weighted by molar-refractivity contribution is 0.0220. The molecule has 1 aromatic rings. The predicted molar refractivity (Wildman–Crippen MR) is 66.4 cm³/mol. The van der Waals surface area contributed by atoms with Crippen molar-refractivity contribution < 1.29 is 9.57 Å². The number of fused-ring (bicyclic) bond motifs is 1. The lowest BCUT2D eigenvalue weighted by atomic mass is 10.0. The zero-order valence-electron chi connectivity index (χ0n) is 9.33. The fourth-order valence-corrected chi connectivity index (χ4v) is 2.19. The van der Waals surface area contributed by atoms with Crippen molar-refractivity contribution in [3.8, 4) is 5.75 Å². The van der Waals surface area contributed by atoms with Crippen LogP contribution in [0.25, 0.3) is 0 Å². The third-order valence-corrected chi connectivity index (χ3v) is 3.11. The molecule has 0 aliphatic carbocycles. The molecule has 1 atom stereocenters. The summed E-state index contributed by atoms with van der Waals surface area (Å²) in [5.41, 5.74) is 4.27. The van der Waals surface area contributed by atoms with Crippen molar-refractivity contribution >= 4 is 15.9 Å². The van der Waals surface area contributed by atoms with Gasteiger partial charge in [0.25, 0.3) is 0 Å². The first kappa shape index (κ1) is 11.9. The van der Waals surface area contributed by atoms with Crippen molar-refractivity contribution in [3.63, 3.8) is 0 Å². The van der Waals surface area contributed by atoms with Gasteiger partial charge in [-0.25, -0.2) is 0 Å². The Morgan fingerprint density at radius 2 is 2.44 bits per heavy atom. The van der Waals surface area contributed by atoms with Gasteiger partial charge in [0, 0.05) is 10.0 Å². The zero-order valence-corrected chi connectivity index (χ0v) is 10.9. The Kier molecular flexibility index (Phi) is 4.21. The molecule has 0 saturated carbocycles. The van der Waals surface area contributed by atoms with Gasteiger partial charge < -0.3 is 9.57 Å². The molecule has 1 heterocycles. The van der Waals surface area contributed by atoms with E-state index in [1.165, 1.54) is 5.56 Å².